The van der Waals surface area contributed by atoms with Gasteiger partial charge in [0.15, 0.2) is 0 Å². The van der Waals surface area contributed by atoms with Crippen molar-refractivity contribution < 1.29 is 18.0 Å². The van der Waals surface area contributed by atoms with Crippen LogP contribution in [0.4, 0.5) is 13.2 Å². The Morgan fingerprint density at radius 3 is 2.48 bits per heavy atom. The van der Waals surface area contributed by atoms with Gasteiger partial charge in [0, 0.05) is 18.5 Å². The van der Waals surface area contributed by atoms with Gasteiger partial charge >= 0.3 is 6.18 Å². The van der Waals surface area contributed by atoms with Crippen LogP contribution in [-0.4, -0.2) is 18.0 Å². The van der Waals surface area contributed by atoms with Gasteiger partial charge in [0.25, 0.3) is 0 Å². The first-order valence-electron chi connectivity index (χ1n) is 7.98. The SMILES string of the molecule is CC(CC(=O)NC1CCC(N)CC1)c1ccccc1C(F)(F)F. The van der Waals surface area contributed by atoms with Gasteiger partial charge in [0.05, 0.1) is 5.56 Å². The van der Waals surface area contributed by atoms with Gasteiger partial charge < -0.3 is 11.1 Å². The zero-order chi connectivity index (χ0) is 17.0. The fraction of sp³-hybridized carbons (Fsp3) is 0.588. The maximum absolute atomic E-state index is 13.0. The van der Waals surface area contributed by atoms with E-state index in [0.29, 0.717) is 0 Å². The third-order valence-electron chi connectivity index (χ3n) is 4.43. The fourth-order valence-corrected chi connectivity index (χ4v) is 3.12. The molecule has 1 saturated carbocycles. The van der Waals surface area contributed by atoms with Crippen LogP contribution in [0.3, 0.4) is 0 Å². The number of rotatable bonds is 4. The third-order valence-corrected chi connectivity index (χ3v) is 4.43. The van der Waals surface area contributed by atoms with Crippen molar-refractivity contribution in [3.63, 3.8) is 0 Å². The largest absolute Gasteiger partial charge is 0.416 e. The van der Waals surface area contributed by atoms with Gasteiger partial charge in [-0.15, -0.1) is 0 Å². The van der Waals surface area contributed by atoms with Crippen LogP contribution < -0.4 is 11.1 Å². The van der Waals surface area contributed by atoms with E-state index in [4.69, 9.17) is 5.73 Å². The highest BCUT2D eigenvalue weighted by Gasteiger charge is 2.34. The van der Waals surface area contributed by atoms with E-state index >= 15 is 0 Å². The quantitative estimate of drug-likeness (QED) is 0.887. The molecule has 6 heteroatoms. The van der Waals surface area contributed by atoms with E-state index in [1.807, 2.05) is 0 Å². The minimum Gasteiger partial charge on any atom is -0.353 e. The minimum absolute atomic E-state index is 0.0512. The van der Waals surface area contributed by atoms with Gasteiger partial charge in [-0.3, -0.25) is 4.79 Å². The van der Waals surface area contributed by atoms with E-state index in [1.165, 1.54) is 12.1 Å². The lowest BCUT2D eigenvalue weighted by Crippen LogP contribution is -2.40. The van der Waals surface area contributed by atoms with Crippen LogP contribution in [0.1, 0.15) is 56.1 Å². The number of benzene rings is 1. The second kappa shape index (κ2) is 7.34. The molecule has 1 aliphatic rings. The summed E-state index contributed by atoms with van der Waals surface area (Å²) in [5.41, 5.74) is 5.33. The molecule has 0 saturated heterocycles. The number of nitrogens with two attached hydrogens (primary N) is 1. The van der Waals surface area contributed by atoms with Gasteiger partial charge in [0.1, 0.15) is 0 Å². The Morgan fingerprint density at radius 1 is 1.26 bits per heavy atom. The van der Waals surface area contributed by atoms with Crippen LogP contribution in [0.2, 0.25) is 0 Å². The molecule has 0 bridgehead atoms. The molecule has 1 fully saturated rings. The van der Waals surface area contributed by atoms with Crippen molar-refractivity contribution in [2.24, 2.45) is 5.73 Å². The Balaban J connectivity index is 1.96. The lowest BCUT2D eigenvalue weighted by molar-refractivity contribution is -0.138. The maximum atomic E-state index is 13.0. The Labute approximate surface area is 134 Å². The number of alkyl halides is 3. The fourth-order valence-electron chi connectivity index (χ4n) is 3.12. The molecule has 1 aromatic rings. The van der Waals surface area contributed by atoms with Crippen LogP contribution >= 0.6 is 0 Å². The summed E-state index contributed by atoms with van der Waals surface area (Å²) in [4.78, 5) is 12.1. The standard InChI is InChI=1S/C17H23F3N2O/c1-11(14-4-2-3-5-15(14)17(18,19)20)10-16(23)22-13-8-6-12(21)7-9-13/h2-5,11-13H,6-10,21H2,1H3,(H,22,23). The molecule has 23 heavy (non-hydrogen) atoms. The highest BCUT2D eigenvalue weighted by Crippen LogP contribution is 2.36. The summed E-state index contributed by atoms with van der Waals surface area (Å²) in [5, 5.41) is 2.92. The first-order valence-corrected chi connectivity index (χ1v) is 7.98. The summed E-state index contributed by atoms with van der Waals surface area (Å²) < 4.78 is 39.1. The second-order valence-electron chi connectivity index (χ2n) is 6.37. The van der Waals surface area contributed by atoms with Crippen LogP contribution in [0.25, 0.3) is 0 Å². The monoisotopic (exact) mass is 328 g/mol. The molecular formula is C17H23F3N2O. The molecule has 0 aromatic heterocycles. The summed E-state index contributed by atoms with van der Waals surface area (Å²) in [6.07, 6.45) is -0.938. The topological polar surface area (TPSA) is 55.1 Å². The van der Waals surface area contributed by atoms with E-state index in [0.717, 1.165) is 31.7 Å². The molecule has 128 valence electrons. The molecule has 1 atom stereocenters. The first-order chi connectivity index (χ1) is 10.8. The normalized spacial score (nSPS) is 23.3. The van der Waals surface area contributed by atoms with Gasteiger partial charge in [-0.1, -0.05) is 25.1 Å². The number of nitrogens with one attached hydrogen (secondary N) is 1. The Bertz CT molecular complexity index is 537. The molecule has 1 aliphatic carbocycles. The molecule has 3 nitrogen and oxygen atoms in total. The number of hydrogen-bond donors (Lipinski definition) is 2. The number of amides is 1. The Morgan fingerprint density at radius 2 is 1.87 bits per heavy atom. The van der Waals surface area contributed by atoms with Crippen molar-refractivity contribution >= 4 is 5.91 Å². The van der Waals surface area contributed by atoms with Crippen LogP contribution in [0, 0.1) is 0 Å². The molecule has 2 rings (SSSR count). The van der Waals surface area contributed by atoms with Gasteiger partial charge in [0.2, 0.25) is 5.91 Å². The molecule has 0 heterocycles. The molecule has 0 spiro atoms. The maximum Gasteiger partial charge on any atom is 0.416 e. The molecular weight excluding hydrogens is 305 g/mol. The molecule has 1 aromatic carbocycles. The lowest BCUT2D eigenvalue weighted by Gasteiger charge is -2.27. The summed E-state index contributed by atoms with van der Waals surface area (Å²) in [7, 11) is 0. The average molecular weight is 328 g/mol. The number of carbonyl (C=O) groups is 1. The van der Waals surface area contributed by atoms with Crippen molar-refractivity contribution in [1.82, 2.24) is 5.32 Å². The number of halogens is 3. The first kappa shape index (κ1) is 17.8. The second-order valence-corrected chi connectivity index (χ2v) is 6.37. The number of hydrogen-bond acceptors (Lipinski definition) is 2. The Hall–Kier alpha value is -1.56. The Kier molecular flexibility index (Phi) is 5.68. The zero-order valence-electron chi connectivity index (χ0n) is 13.2. The summed E-state index contributed by atoms with van der Waals surface area (Å²) in [6.45, 7) is 1.65. The predicted molar refractivity (Wildman–Crippen MR) is 82.9 cm³/mol. The minimum atomic E-state index is -4.40. The molecule has 1 amide bonds. The predicted octanol–water partition coefficient (Wildman–Crippen LogP) is 3.59. The average Bonchev–Trinajstić information content (AvgIpc) is 2.48. The highest BCUT2D eigenvalue weighted by atomic mass is 19.4. The van der Waals surface area contributed by atoms with Gasteiger partial charge in [-0.2, -0.15) is 13.2 Å². The summed E-state index contributed by atoms with van der Waals surface area (Å²) in [5.74, 6) is -0.686. The molecule has 0 aliphatic heterocycles. The highest BCUT2D eigenvalue weighted by molar-refractivity contribution is 5.77. The molecule has 0 radical (unpaired) electrons. The van der Waals surface area contributed by atoms with E-state index in [9.17, 15) is 18.0 Å². The zero-order valence-corrected chi connectivity index (χ0v) is 13.2. The van der Waals surface area contributed by atoms with Gasteiger partial charge in [-0.05, 0) is 43.2 Å². The van der Waals surface area contributed by atoms with Crippen molar-refractivity contribution in [2.75, 3.05) is 0 Å². The van der Waals surface area contributed by atoms with Crippen LogP contribution in [0.15, 0.2) is 24.3 Å². The van der Waals surface area contributed by atoms with E-state index in [1.54, 1.807) is 13.0 Å². The van der Waals surface area contributed by atoms with Crippen molar-refractivity contribution in [1.29, 1.82) is 0 Å². The molecule has 3 N–H and O–H groups in total. The molecule has 1 unspecified atom stereocenters. The van der Waals surface area contributed by atoms with E-state index in [-0.39, 0.29) is 30.0 Å². The summed E-state index contributed by atoms with van der Waals surface area (Å²) >= 11 is 0. The van der Waals surface area contributed by atoms with Crippen LogP contribution in [-0.2, 0) is 11.0 Å². The summed E-state index contributed by atoms with van der Waals surface area (Å²) in [6, 6.07) is 5.73. The van der Waals surface area contributed by atoms with Crippen molar-refractivity contribution in [2.45, 2.75) is 63.2 Å². The van der Waals surface area contributed by atoms with Crippen molar-refractivity contribution in [3.05, 3.63) is 35.4 Å². The van der Waals surface area contributed by atoms with Crippen LogP contribution in [0.5, 0.6) is 0 Å². The lowest BCUT2D eigenvalue weighted by atomic mass is 9.90. The van der Waals surface area contributed by atoms with Gasteiger partial charge in [-0.25, -0.2) is 0 Å². The van der Waals surface area contributed by atoms with E-state index < -0.39 is 17.7 Å². The van der Waals surface area contributed by atoms with Crippen molar-refractivity contribution in [3.8, 4) is 0 Å². The van der Waals surface area contributed by atoms with E-state index in [2.05, 4.69) is 5.32 Å². The third kappa shape index (κ3) is 4.96. The smallest absolute Gasteiger partial charge is 0.353 e. The number of carbonyl (C=O) groups excluding carboxylic acids is 1.